The van der Waals surface area contributed by atoms with Crippen LogP contribution in [0.15, 0.2) is 72.5 Å². The Balaban J connectivity index is 1.15. The smallest absolute Gasteiger partial charge is 0.224 e. The second-order valence-electron chi connectivity index (χ2n) is 8.67. The van der Waals surface area contributed by atoms with E-state index in [-0.39, 0.29) is 17.7 Å². The van der Waals surface area contributed by atoms with Gasteiger partial charge >= 0.3 is 0 Å². The molecule has 1 amide bonds. The number of nitrogens with one attached hydrogen (secondary N) is 1. The van der Waals surface area contributed by atoms with Crippen molar-refractivity contribution in [3.8, 4) is 0 Å². The van der Waals surface area contributed by atoms with Crippen LogP contribution >= 0.6 is 11.6 Å². The summed E-state index contributed by atoms with van der Waals surface area (Å²) in [5.41, 5.74) is 1.85. The number of piperidine rings is 1. The van der Waals surface area contributed by atoms with Crippen molar-refractivity contribution in [1.82, 2.24) is 15.1 Å². The van der Waals surface area contributed by atoms with Gasteiger partial charge in [0.15, 0.2) is 5.78 Å². The predicted octanol–water partition coefficient (Wildman–Crippen LogP) is 3.95. The topological polar surface area (TPSA) is 61.9 Å². The third-order valence-corrected chi connectivity index (χ3v) is 6.32. The number of likely N-dealkylation sites (tertiary alicyclic amines) is 1. The Morgan fingerprint density at radius 1 is 1.21 bits per heavy atom. The number of nitrogens with zero attached hydrogens (tertiary/aromatic N) is 2. The molecule has 2 heterocycles. The first-order valence-electron chi connectivity index (χ1n) is 11.5. The van der Waals surface area contributed by atoms with Gasteiger partial charge in [0.1, 0.15) is 12.0 Å². The first-order valence-corrected chi connectivity index (χ1v) is 11.9. The lowest BCUT2D eigenvalue weighted by Crippen LogP contribution is -2.45. The minimum absolute atomic E-state index is 0.0580. The van der Waals surface area contributed by atoms with Crippen LogP contribution in [0.1, 0.15) is 31.2 Å². The average molecular weight is 468 g/mol. The van der Waals surface area contributed by atoms with Crippen LogP contribution in [-0.4, -0.2) is 53.7 Å². The van der Waals surface area contributed by atoms with Gasteiger partial charge in [-0.15, -0.1) is 0 Å². The number of hydrogen-bond acceptors (Lipinski definition) is 5. The van der Waals surface area contributed by atoms with E-state index in [0.29, 0.717) is 17.9 Å². The molecule has 0 spiro atoms. The fraction of sp³-hybridized carbons (Fsp3) is 0.385. The summed E-state index contributed by atoms with van der Waals surface area (Å²) in [5, 5.41) is 3.83. The molecule has 1 fully saturated rings. The highest BCUT2D eigenvalue weighted by Crippen LogP contribution is 2.23. The normalized spacial score (nSPS) is 19.2. The van der Waals surface area contributed by atoms with Gasteiger partial charge in [-0.25, -0.2) is 0 Å². The standard InChI is InChI=1S/C26H30ClN3O3/c27-22-6-1-4-20(16-22)17-26(32)28-23-8-12-29(13-9-23)10-3-11-30-14-15-33-25(19-30)21-5-2-7-24(31)18-21/h1-2,4-7,14-16,19,23H,3,8-13,17-18H2,(H,28,32). The number of allylic oxidation sites excluding steroid dienone is 4. The Kier molecular flexibility index (Phi) is 8.02. The Bertz CT molecular complexity index is 990. The molecule has 0 aromatic heterocycles. The Labute approximate surface area is 200 Å². The number of hydrogen-bond donors (Lipinski definition) is 1. The summed E-state index contributed by atoms with van der Waals surface area (Å²) in [7, 11) is 0. The summed E-state index contributed by atoms with van der Waals surface area (Å²) in [6.45, 7) is 3.88. The number of carbonyl (C=O) groups is 2. The molecule has 174 valence electrons. The van der Waals surface area contributed by atoms with E-state index in [2.05, 4.69) is 15.1 Å². The molecule has 0 atom stereocenters. The van der Waals surface area contributed by atoms with Crippen LogP contribution in [0.5, 0.6) is 0 Å². The van der Waals surface area contributed by atoms with Crippen LogP contribution in [0, 0.1) is 0 Å². The van der Waals surface area contributed by atoms with Gasteiger partial charge in [0.2, 0.25) is 5.91 Å². The van der Waals surface area contributed by atoms with E-state index in [9.17, 15) is 9.59 Å². The lowest BCUT2D eigenvalue weighted by molar-refractivity contribution is -0.121. The summed E-state index contributed by atoms with van der Waals surface area (Å²) < 4.78 is 5.61. The second kappa shape index (κ2) is 11.3. The number of ketones is 1. The highest BCUT2D eigenvalue weighted by atomic mass is 35.5. The van der Waals surface area contributed by atoms with Crippen molar-refractivity contribution in [1.29, 1.82) is 0 Å². The second-order valence-corrected chi connectivity index (χ2v) is 9.11. The fourth-order valence-electron chi connectivity index (χ4n) is 4.34. The van der Waals surface area contributed by atoms with E-state index in [0.717, 1.165) is 62.3 Å². The van der Waals surface area contributed by atoms with Gasteiger partial charge in [0.05, 0.1) is 6.42 Å². The zero-order chi connectivity index (χ0) is 23.0. The molecule has 4 rings (SSSR count). The fourth-order valence-corrected chi connectivity index (χ4v) is 4.55. The molecular formula is C26H30ClN3O3. The first-order chi connectivity index (χ1) is 16.0. The van der Waals surface area contributed by atoms with Gasteiger partial charge in [-0.1, -0.05) is 35.9 Å². The van der Waals surface area contributed by atoms with Gasteiger partial charge in [-0.05, 0) is 49.6 Å². The molecule has 2 aliphatic heterocycles. The van der Waals surface area contributed by atoms with Crippen LogP contribution in [0.3, 0.4) is 0 Å². The molecule has 1 saturated heterocycles. The van der Waals surface area contributed by atoms with Crippen molar-refractivity contribution in [3.63, 3.8) is 0 Å². The number of benzene rings is 1. The van der Waals surface area contributed by atoms with Crippen LogP contribution in [0.2, 0.25) is 5.02 Å². The number of amides is 1. The molecule has 1 aromatic carbocycles. The van der Waals surface area contributed by atoms with Crippen molar-refractivity contribution in [3.05, 3.63) is 83.1 Å². The van der Waals surface area contributed by atoms with Crippen molar-refractivity contribution in [2.24, 2.45) is 0 Å². The lowest BCUT2D eigenvalue weighted by atomic mass is 10.0. The summed E-state index contributed by atoms with van der Waals surface area (Å²) in [6.07, 6.45) is 14.6. The summed E-state index contributed by atoms with van der Waals surface area (Å²) in [5.74, 6) is 0.898. The highest BCUT2D eigenvalue weighted by Gasteiger charge is 2.21. The highest BCUT2D eigenvalue weighted by molar-refractivity contribution is 6.30. The molecule has 1 N–H and O–H groups in total. The lowest BCUT2D eigenvalue weighted by Gasteiger charge is -2.33. The zero-order valence-corrected chi connectivity index (χ0v) is 19.5. The zero-order valence-electron chi connectivity index (χ0n) is 18.7. The van der Waals surface area contributed by atoms with Crippen LogP contribution < -0.4 is 5.32 Å². The third kappa shape index (κ3) is 7.07. The largest absolute Gasteiger partial charge is 0.462 e. The van der Waals surface area contributed by atoms with Crippen molar-refractivity contribution in [2.45, 2.75) is 38.1 Å². The Morgan fingerprint density at radius 2 is 2.06 bits per heavy atom. The number of ether oxygens (including phenoxy) is 1. The SMILES string of the molecule is O=C1C=CC=C(C2=CN(CCCN3CCC(NC(=O)Cc4cccc(Cl)c4)CC3)C=CO2)C1. The van der Waals surface area contributed by atoms with E-state index in [1.54, 1.807) is 18.4 Å². The molecule has 0 radical (unpaired) electrons. The third-order valence-electron chi connectivity index (χ3n) is 6.09. The van der Waals surface area contributed by atoms with E-state index in [1.165, 1.54) is 0 Å². The molecular weight excluding hydrogens is 438 g/mol. The summed E-state index contributed by atoms with van der Waals surface area (Å²) >= 11 is 6.01. The van der Waals surface area contributed by atoms with Crippen molar-refractivity contribution >= 4 is 23.3 Å². The van der Waals surface area contributed by atoms with E-state index in [1.807, 2.05) is 42.7 Å². The quantitative estimate of drug-likeness (QED) is 0.627. The molecule has 6 nitrogen and oxygen atoms in total. The van der Waals surface area contributed by atoms with Gasteiger partial charge in [-0.3, -0.25) is 9.59 Å². The van der Waals surface area contributed by atoms with Crippen LogP contribution in [-0.2, 0) is 20.7 Å². The van der Waals surface area contributed by atoms with Crippen molar-refractivity contribution < 1.29 is 14.3 Å². The Hall–Kier alpha value is -2.83. The summed E-state index contributed by atoms with van der Waals surface area (Å²) in [6, 6.07) is 7.70. The maximum Gasteiger partial charge on any atom is 0.224 e. The van der Waals surface area contributed by atoms with E-state index in [4.69, 9.17) is 16.3 Å². The molecule has 7 heteroatoms. The maximum absolute atomic E-state index is 12.4. The molecule has 3 aliphatic rings. The van der Waals surface area contributed by atoms with Gasteiger partial charge < -0.3 is 19.9 Å². The molecule has 33 heavy (non-hydrogen) atoms. The average Bonchev–Trinajstić information content (AvgIpc) is 2.80. The Morgan fingerprint density at radius 3 is 2.85 bits per heavy atom. The number of halogens is 1. The predicted molar refractivity (Wildman–Crippen MR) is 129 cm³/mol. The maximum atomic E-state index is 12.4. The molecule has 0 saturated carbocycles. The summed E-state index contributed by atoms with van der Waals surface area (Å²) in [4.78, 5) is 28.6. The van der Waals surface area contributed by atoms with E-state index < -0.39 is 0 Å². The first kappa shape index (κ1) is 23.3. The molecule has 0 bridgehead atoms. The van der Waals surface area contributed by atoms with Crippen LogP contribution in [0.25, 0.3) is 0 Å². The van der Waals surface area contributed by atoms with Gasteiger partial charge in [-0.2, -0.15) is 0 Å². The number of carbonyl (C=O) groups excluding carboxylic acids is 2. The van der Waals surface area contributed by atoms with Crippen molar-refractivity contribution in [2.75, 3.05) is 26.2 Å². The minimum Gasteiger partial charge on any atom is -0.462 e. The van der Waals surface area contributed by atoms with Gasteiger partial charge in [0, 0.05) is 55.1 Å². The number of rotatable bonds is 8. The molecule has 1 aliphatic carbocycles. The molecule has 1 aromatic rings. The minimum atomic E-state index is 0.0580. The van der Waals surface area contributed by atoms with Gasteiger partial charge in [0.25, 0.3) is 0 Å². The van der Waals surface area contributed by atoms with Crippen LogP contribution in [0.4, 0.5) is 0 Å². The van der Waals surface area contributed by atoms with E-state index >= 15 is 0 Å². The molecule has 0 unspecified atom stereocenters. The monoisotopic (exact) mass is 467 g/mol.